The summed E-state index contributed by atoms with van der Waals surface area (Å²) in [5.41, 5.74) is 7.28. The molecule has 1 aromatic rings. The topological polar surface area (TPSA) is 51.8 Å². The summed E-state index contributed by atoms with van der Waals surface area (Å²) in [4.78, 5) is 9.15. The van der Waals surface area contributed by atoms with Crippen LogP contribution in [0.15, 0.2) is 4.47 Å². The molecule has 0 spiro atoms. The van der Waals surface area contributed by atoms with Crippen LogP contribution in [0.25, 0.3) is 0 Å². The van der Waals surface area contributed by atoms with Gasteiger partial charge in [0.25, 0.3) is 0 Å². The van der Waals surface area contributed by atoms with E-state index in [0.717, 1.165) is 22.4 Å². The molecule has 2 rings (SSSR count). The van der Waals surface area contributed by atoms with Gasteiger partial charge >= 0.3 is 0 Å². The lowest BCUT2D eigenvalue weighted by molar-refractivity contribution is 0.550. The smallest absolute Gasteiger partial charge is 0.141 e. The third kappa shape index (κ3) is 2.32. The second-order valence-corrected chi connectivity index (χ2v) is 7.42. The first-order valence-corrected chi connectivity index (χ1v) is 6.75. The van der Waals surface area contributed by atoms with E-state index in [1.165, 1.54) is 0 Å². The molecule has 1 fully saturated rings. The largest absolute Gasteiger partial charge is 0.383 e. The SMILES string of the molecule is CC(C)(C)c1nc(C2CC2(C)C)nc(N)c1Br. The number of anilines is 1. The maximum atomic E-state index is 5.97. The highest BCUT2D eigenvalue weighted by Gasteiger charge is 2.49. The lowest BCUT2D eigenvalue weighted by Gasteiger charge is -2.21. The Bertz CT molecular complexity index is 460. The summed E-state index contributed by atoms with van der Waals surface area (Å²) in [6.45, 7) is 10.9. The first-order chi connectivity index (χ1) is 7.63. The van der Waals surface area contributed by atoms with Crippen LogP contribution in [-0.2, 0) is 5.41 Å². The molecule has 1 saturated carbocycles. The molecule has 1 aliphatic carbocycles. The molecule has 0 saturated heterocycles. The third-order valence-corrected chi connectivity index (χ3v) is 4.21. The van der Waals surface area contributed by atoms with Crippen molar-refractivity contribution in [3.63, 3.8) is 0 Å². The van der Waals surface area contributed by atoms with E-state index in [2.05, 4.69) is 55.5 Å². The Hall–Kier alpha value is -0.640. The molecule has 17 heavy (non-hydrogen) atoms. The Morgan fingerprint density at radius 3 is 2.24 bits per heavy atom. The van der Waals surface area contributed by atoms with Crippen LogP contribution in [0, 0.1) is 5.41 Å². The van der Waals surface area contributed by atoms with Gasteiger partial charge in [0, 0.05) is 11.3 Å². The number of nitrogens with two attached hydrogens (primary N) is 1. The van der Waals surface area contributed by atoms with Gasteiger partial charge in [0.2, 0.25) is 0 Å². The number of hydrogen-bond donors (Lipinski definition) is 1. The van der Waals surface area contributed by atoms with Crippen LogP contribution in [0.4, 0.5) is 5.82 Å². The van der Waals surface area contributed by atoms with Gasteiger partial charge in [0.05, 0.1) is 10.2 Å². The van der Waals surface area contributed by atoms with E-state index in [4.69, 9.17) is 10.7 Å². The van der Waals surface area contributed by atoms with E-state index in [1.54, 1.807) is 0 Å². The van der Waals surface area contributed by atoms with Crippen molar-refractivity contribution in [3.8, 4) is 0 Å². The summed E-state index contributed by atoms with van der Waals surface area (Å²) in [5, 5.41) is 0. The van der Waals surface area contributed by atoms with Crippen LogP contribution < -0.4 is 5.73 Å². The van der Waals surface area contributed by atoms with Crippen LogP contribution in [0.2, 0.25) is 0 Å². The van der Waals surface area contributed by atoms with Crippen molar-refractivity contribution in [1.29, 1.82) is 0 Å². The monoisotopic (exact) mass is 297 g/mol. The first kappa shape index (κ1) is 12.8. The van der Waals surface area contributed by atoms with E-state index in [0.29, 0.717) is 17.2 Å². The number of aromatic nitrogens is 2. The minimum absolute atomic E-state index is 0.0241. The van der Waals surface area contributed by atoms with Gasteiger partial charge in [-0.1, -0.05) is 34.6 Å². The van der Waals surface area contributed by atoms with Gasteiger partial charge in [0.1, 0.15) is 11.6 Å². The molecule has 94 valence electrons. The Labute approximate surface area is 111 Å². The van der Waals surface area contributed by atoms with Gasteiger partial charge in [-0.2, -0.15) is 0 Å². The fourth-order valence-corrected chi connectivity index (χ4v) is 2.82. The number of halogens is 1. The quantitative estimate of drug-likeness (QED) is 0.861. The standard InChI is InChI=1S/C13H20BrN3/c1-12(2,3)9-8(14)10(15)17-11(16-9)7-6-13(7,4)5/h7H,6H2,1-5H3,(H2,15,16,17). The van der Waals surface area contributed by atoms with Crippen molar-refractivity contribution in [2.45, 2.75) is 52.4 Å². The Balaban J connectivity index is 2.48. The van der Waals surface area contributed by atoms with Gasteiger partial charge in [-0.3, -0.25) is 0 Å². The van der Waals surface area contributed by atoms with E-state index >= 15 is 0 Å². The van der Waals surface area contributed by atoms with Gasteiger partial charge in [-0.15, -0.1) is 0 Å². The van der Waals surface area contributed by atoms with E-state index in [1.807, 2.05) is 0 Å². The summed E-state index contributed by atoms with van der Waals surface area (Å²) >= 11 is 3.50. The third-order valence-electron chi connectivity index (χ3n) is 3.43. The zero-order chi connectivity index (χ0) is 13.0. The maximum Gasteiger partial charge on any atom is 0.141 e. The second-order valence-electron chi connectivity index (χ2n) is 6.62. The van der Waals surface area contributed by atoms with Crippen LogP contribution in [-0.4, -0.2) is 9.97 Å². The predicted octanol–water partition coefficient (Wildman–Crippen LogP) is 3.63. The molecule has 4 heteroatoms. The molecule has 2 N–H and O–H groups in total. The first-order valence-electron chi connectivity index (χ1n) is 5.96. The zero-order valence-electron chi connectivity index (χ0n) is 11.1. The maximum absolute atomic E-state index is 5.97. The van der Waals surface area contributed by atoms with Crippen LogP contribution in [0.1, 0.15) is 58.5 Å². The van der Waals surface area contributed by atoms with Crippen LogP contribution in [0.5, 0.6) is 0 Å². The molecule has 1 unspecified atom stereocenters. The lowest BCUT2D eigenvalue weighted by atomic mass is 9.91. The van der Waals surface area contributed by atoms with Crippen LogP contribution in [0.3, 0.4) is 0 Å². The van der Waals surface area contributed by atoms with Gasteiger partial charge < -0.3 is 5.73 Å². The van der Waals surface area contributed by atoms with Crippen molar-refractivity contribution < 1.29 is 0 Å². The Morgan fingerprint density at radius 2 is 1.82 bits per heavy atom. The van der Waals surface area contributed by atoms with Gasteiger partial charge in [-0.05, 0) is 27.8 Å². The number of nitrogen functional groups attached to an aromatic ring is 1. The highest BCUT2D eigenvalue weighted by atomic mass is 79.9. The van der Waals surface area contributed by atoms with E-state index in [9.17, 15) is 0 Å². The molecular weight excluding hydrogens is 278 g/mol. The summed E-state index contributed by atoms with van der Waals surface area (Å²) in [6, 6.07) is 0. The fraction of sp³-hybridized carbons (Fsp3) is 0.692. The van der Waals surface area contributed by atoms with E-state index < -0.39 is 0 Å². The molecule has 0 bridgehead atoms. The molecule has 0 aliphatic heterocycles. The number of nitrogens with zero attached hydrogens (tertiary/aromatic N) is 2. The molecular formula is C13H20BrN3. The molecule has 1 heterocycles. The molecule has 1 atom stereocenters. The Kier molecular flexibility index (Phi) is 2.77. The molecule has 3 nitrogen and oxygen atoms in total. The summed E-state index contributed by atoms with van der Waals surface area (Å²) in [7, 11) is 0. The van der Waals surface area contributed by atoms with Gasteiger partial charge in [0.15, 0.2) is 0 Å². The highest BCUT2D eigenvalue weighted by Crippen LogP contribution is 2.58. The second kappa shape index (κ2) is 3.67. The summed E-state index contributed by atoms with van der Waals surface area (Å²) in [5.74, 6) is 1.92. The summed E-state index contributed by atoms with van der Waals surface area (Å²) < 4.78 is 0.840. The van der Waals surface area contributed by atoms with Crippen molar-refractivity contribution in [1.82, 2.24) is 9.97 Å². The molecule has 1 aromatic heterocycles. The minimum Gasteiger partial charge on any atom is -0.383 e. The number of rotatable bonds is 1. The van der Waals surface area contributed by atoms with Crippen LogP contribution >= 0.6 is 15.9 Å². The Morgan fingerprint density at radius 1 is 1.29 bits per heavy atom. The summed E-state index contributed by atoms with van der Waals surface area (Å²) in [6.07, 6.45) is 1.15. The predicted molar refractivity (Wildman–Crippen MR) is 74.0 cm³/mol. The van der Waals surface area contributed by atoms with Gasteiger partial charge in [-0.25, -0.2) is 9.97 Å². The highest BCUT2D eigenvalue weighted by molar-refractivity contribution is 9.10. The minimum atomic E-state index is -0.0241. The zero-order valence-corrected chi connectivity index (χ0v) is 12.7. The number of hydrogen-bond acceptors (Lipinski definition) is 3. The average Bonchev–Trinajstić information content (AvgIpc) is 2.78. The van der Waals surface area contributed by atoms with Crippen molar-refractivity contribution >= 4 is 21.7 Å². The molecule has 0 radical (unpaired) electrons. The van der Waals surface area contributed by atoms with E-state index in [-0.39, 0.29) is 5.41 Å². The molecule has 0 amide bonds. The lowest BCUT2D eigenvalue weighted by Crippen LogP contribution is -2.18. The average molecular weight is 298 g/mol. The van der Waals surface area contributed by atoms with Crippen molar-refractivity contribution in [2.75, 3.05) is 5.73 Å². The molecule has 0 aromatic carbocycles. The fourth-order valence-electron chi connectivity index (χ4n) is 2.04. The van der Waals surface area contributed by atoms with Crippen molar-refractivity contribution in [3.05, 3.63) is 16.0 Å². The van der Waals surface area contributed by atoms with Crippen molar-refractivity contribution in [2.24, 2.45) is 5.41 Å². The normalized spacial score (nSPS) is 22.6. The molecule has 1 aliphatic rings.